The molecule has 23 heteroatoms. The van der Waals surface area contributed by atoms with Crippen molar-refractivity contribution >= 4 is 116 Å². The second kappa shape index (κ2) is 36.5. The van der Waals surface area contributed by atoms with E-state index >= 15 is 0 Å². The first-order chi connectivity index (χ1) is 48.4. The molecule has 16 nitrogen and oxygen atoms in total. The zero-order valence-corrected chi connectivity index (χ0v) is 68.7. The number of aromatic hydroxyl groups is 1. The molecule has 6 aliphatic rings. The lowest BCUT2D eigenvalue weighted by atomic mass is 9.48. The van der Waals surface area contributed by atoms with Gasteiger partial charge in [-0.3, -0.25) is 19.2 Å². The average molecular weight is 1710 g/mol. The van der Waals surface area contributed by atoms with Crippen molar-refractivity contribution in [3.05, 3.63) is 134 Å². The minimum Gasteiger partial charge on any atom is -0.871 e. The highest BCUT2D eigenvalue weighted by molar-refractivity contribution is 14.1. The largest absolute Gasteiger partial charge is 0.871 e. The number of benzene rings is 5. The molecule has 4 bridgehead atoms. The third kappa shape index (κ3) is 23.5. The van der Waals surface area contributed by atoms with Gasteiger partial charge in [-0.15, -0.1) is 0 Å². The Morgan fingerprint density at radius 3 is 1.64 bits per heavy atom. The fourth-order valence-corrected chi connectivity index (χ4v) is 18.2. The number of carbonyl (C=O) groups is 5. The van der Waals surface area contributed by atoms with Gasteiger partial charge in [0.15, 0.2) is 14.3 Å². The van der Waals surface area contributed by atoms with E-state index in [2.05, 4.69) is 124 Å². The van der Waals surface area contributed by atoms with E-state index in [1.807, 2.05) is 112 Å². The minimum atomic E-state index is -5.27. The van der Waals surface area contributed by atoms with E-state index in [0.717, 1.165) is 64.5 Å². The first kappa shape index (κ1) is 87.3. The molecule has 2 heterocycles. The number of carbonyl (C=O) groups excluding carboxylic acids is 4. The number of ether oxygens (including phenoxy) is 4. The zero-order valence-electron chi connectivity index (χ0n) is 62.8. The van der Waals surface area contributed by atoms with Crippen LogP contribution in [-0.2, 0) is 48.2 Å². The predicted octanol–water partition coefficient (Wildman–Crippen LogP) is 18.6. The summed E-state index contributed by atoms with van der Waals surface area (Å²) in [5, 5.41) is 34.2. The Hall–Kier alpha value is -5.61. The van der Waals surface area contributed by atoms with E-state index in [4.69, 9.17) is 24.4 Å². The molecule has 0 radical (unpaired) electrons. The van der Waals surface area contributed by atoms with Crippen molar-refractivity contribution in [2.24, 2.45) is 39.4 Å². The van der Waals surface area contributed by atoms with Crippen LogP contribution in [0.15, 0.2) is 115 Å². The molecule has 6 aromatic rings. The summed E-state index contributed by atoms with van der Waals surface area (Å²) in [6, 6.07) is 39.1. The summed E-state index contributed by atoms with van der Waals surface area (Å²) in [6.45, 7) is 30.0. The Bertz CT molecular complexity index is 3940. The fourth-order valence-electron chi connectivity index (χ4n) is 14.1. The van der Waals surface area contributed by atoms with Crippen molar-refractivity contribution in [3.63, 3.8) is 0 Å². The smallest absolute Gasteiger partial charge is 0.426 e. The van der Waals surface area contributed by atoms with Gasteiger partial charge in [0.2, 0.25) is 6.10 Å². The third-order valence-corrected chi connectivity index (χ3v) is 26.4. The normalized spacial score (nSPS) is 20.5. The van der Waals surface area contributed by atoms with Crippen molar-refractivity contribution in [2.75, 3.05) is 18.8 Å². The van der Waals surface area contributed by atoms with Crippen molar-refractivity contribution in [2.45, 2.75) is 235 Å². The third-order valence-electron chi connectivity index (χ3n) is 21.6. The number of phenols is 1. The highest BCUT2D eigenvalue weighted by Crippen LogP contribution is 2.64. The molecule has 104 heavy (non-hydrogen) atoms. The van der Waals surface area contributed by atoms with Gasteiger partial charge in [0.1, 0.15) is 22.6 Å². The maximum atomic E-state index is 13.3. The Labute approximate surface area is 643 Å². The number of thiophene rings is 1. The van der Waals surface area contributed by atoms with Crippen LogP contribution in [0.5, 0.6) is 11.5 Å². The molecule has 0 amide bonds. The molecular formula is C81H108F3I2NO15S2. The van der Waals surface area contributed by atoms with Gasteiger partial charge in [-0.2, -0.15) is 13.2 Å². The number of aromatic carboxylic acids is 1. The second-order valence-electron chi connectivity index (χ2n) is 31.4. The monoisotopic (exact) mass is 1710 g/mol. The van der Waals surface area contributed by atoms with E-state index in [-0.39, 0.29) is 68.3 Å². The molecule has 4 N–H and O–H groups in total. The van der Waals surface area contributed by atoms with Crippen molar-refractivity contribution < 1.29 is 89.7 Å². The molecule has 5 aromatic carbocycles. The maximum absolute atomic E-state index is 13.3. The van der Waals surface area contributed by atoms with E-state index < -0.39 is 68.2 Å². The first-order valence-corrected chi connectivity index (χ1v) is 41.2. The van der Waals surface area contributed by atoms with Crippen LogP contribution < -0.4 is 10.4 Å². The van der Waals surface area contributed by atoms with Gasteiger partial charge in [-0.1, -0.05) is 95.0 Å². The standard InChI is InChI=1S/C20H29F3O7S.C18H13S.C14H27NO2.C12H22O2.C10H14O.C7H4I2O3/c1-4-17(2,3)15(24)30-19-8-12-5-13(9-19)7-18(6-12,11-19)16(25)29-14(20(21,22)23)10-31(26,27)28;1-2-8-14(9-3-1)19-17-12-6-4-10-15(17)16-11-5-7-13-18(16)19;1-6-13(2,3)12(16)17-14(4,5)11-7-9-15-10-8-11;1-5-11(2,3)10(13)14-12(4)8-6-7-9-12;1-3-8(2)9-5-4-6-10(11)7-9;8-3-1-2-4(9)6(10)5(3)7(11)12/h12-14H,4-11H2,1-3H3,(H,26,27,28);1-13H;11,15H,6-10H2,1-5H3;5-9H2,1-4H3;4-8,11H,3H2,1-2H3;1-2,10H,(H,11,12)/q;+1;;;;/p-1. The average Bonchev–Trinajstić information content (AvgIpc) is 0.900. The summed E-state index contributed by atoms with van der Waals surface area (Å²) >= 11 is 3.65. The van der Waals surface area contributed by atoms with Crippen LogP contribution in [0.3, 0.4) is 0 Å². The van der Waals surface area contributed by atoms with E-state index in [1.165, 1.54) is 43.5 Å². The molecule has 6 fully saturated rings. The Kier molecular flexibility index (Phi) is 30.7. The van der Waals surface area contributed by atoms with Crippen LogP contribution >= 0.6 is 55.7 Å². The topological polar surface area (TPSA) is 260 Å². The SMILES string of the molecule is CCC(C)(C)C(=O)OC(C)(C)C1CC[NH2+]CC1.CCC(C)(C)C(=O)OC1(C)CCCC1.CCC(C)(C)C(=O)OC12CC3CC(C1)CC(C(=O)OC(CS(=O)(=O)[O-])C(F)(F)F)(C3)C2.CCC(C)c1cccc(O)c1.O=C(O)c1c(I)ccc(I)c1[O-].c1ccc(-[s+]2c3ccccc3c3ccccc32)cc1. The van der Waals surface area contributed by atoms with Gasteiger partial charge >= 0.3 is 36.0 Å². The molecule has 1 saturated heterocycles. The predicted molar refractivity (Wildman–Crippen MR) is 417 cm³/mol. The zero-order chi connectivity index (χ0) is 77.6. The molecular weight excluding hydrogens is 1600 g/mol. The molecule has 5 aliphatic carbocycles. The minimum absolute atomic E-state index is 0.00100. The van der Waals surface area contributed by atoms with Crippen molar-refractivity contribution in [3.8, 4) is 16.4 Å². The van der Waals surface area contributed by atoms with E-state index in [9.17, 15) is 55.2 Å². The Morgan fingerprint density at radius 1 is 0.683 bits per heavy atom. The molecule has 4 atom stereocenters. The van der Waals surface area contributed by atoms with Crippen LogP contribution in [0.4, 0.5) is 13.2 Å². The summed E-state index contributed by atoms with van der Waals surface area (Å²) in [6.07, 6.45) is 4.35. The number of alkyl halides is 3. The number of hydrogen-bond donors (Lipinski definition) is 3. The number of rotatable bonds is 18. The van der Waals surface area contributed by atoms with Crippen LogP contribution in [-0.4, -0.2) is 101 Å². The lowest BCUT2D eigenvalue weighted by Crippen LogP contribution is -2.86. The van der Waals surface area contributed by atoms with Crippen LogP contribution in [0.2, 0.25) is 0 Å². The van der Waals surface area contributed by atoms with Crippen LogP contribution in [0, 0.1) is 46.6 Å². The molecule has 0 spiro atoms. The van der Waals surface area contributed by atoms with E-state index in [0.29, 0.717) is 56.8 Å². The fraction of sp³-hybridized carbons (Fsp3) is 0.568. The number of esters is 4. The van der Waals surface area contributed by atoms with Crippen LogP contribution in [0.1, 0.15) is 222 Å². The molecule has 1 aliphatic heterocycles. The van der Waals surface area contributed by atoms with Gasteiger partial charge in [-0.25, -0.2) is 13.2 Å². The number of hydrogen-bond acceptors (Lipinski definition) is 14. The van der Waals surface area contributed by atoms with Crippen molar-refractivity contribution in [1.82, 2.24) is 0 Å². The lowest BCUT2D eigenvalue weighted by molar-refractivity contribution is -0.665. The Morgan fingerprint density at radius 2 is 1.17 bits per heavy atom. The number of halogens is 5. The number of nitrogens with two attached hydrogens (primary N) is 1. The molecule has 5 saturated carbocycles. The molecule has 574 valence electrons. The summed E-state index contributed by atoms with van der Waals surface area (Å²) in [5.41, 5.74) is -3.07. The van der Waals surface area contributed by atoms with Gasteiger partial charge < -0.3 is 44.1 Å². The lowest BCUT2D eigenvalue weighted by Gasteiger charge is -2.60. The van der Waals surface area contributed by atoms with E-state index in [1.54, 1.807) is 32.0 Å². The van der Waals surface area contributed by atoms with Crippen molar-refractivity contribution in [1.29, 1.82) is 0 Å². The summed E-state index contributed by atoms with van der Waals surface area (Å²) < 4.78 is 98.2. The highest BCUT2D eigenvalue weighted by atomic mass is 127. The number of phenolic OH excluding ortho intramolecular Hbond substituents is 1. The summed E-state index contributed by atoms with van der Waals surface area (Å²) in [4.78, 5) is 61.6. The summed E-state index contributed by atoms with van der Waals surface area (Å²) in [7, 11) is -5.21. The van der Waals surface area contributed by atoms with Gasteiger partial charge in [0.05, 0.1) is 56.2 Å². The number of quaternary nitrogens is 1. The second-order valence-corrected chi connectivity index (χ2v) is 37.2. The first-order valence-electron chi connectivity index (χ1n) is 36.3. The van der Waals surface area contributed by atoms with Gasteiger partial charge in [0, 0.05) is 53.6 Å². The highest BCUT2D eigenvalue weighted by Gasteiger charge is 2.64. The number of carboxylic acid groups (broad SMARTS) is 1. The quantitative estimate of drug-likeness (QED) is 0.0238. The number of piperidine rings is 1. The molecule has 4 unspecified atom stereocenters. The summed E-state index contributed by atoms with van der Waals surface area (Å²) in [5.74, 6) is -3.70. The van der Waals surface area contributed by atoms with Crippen LogP contribution in [0.25, 0.3) is 25.1 Å². The Balaban J connectivity index is 0.000000204. The van der Waals surface area contributed by atoms with Gasteiger partial charge in [0.25, 0.3) is 0 Å². The molecule has 12 rings (SSSR count). The molecule has 1 aromatic heterocycles. The van der Waals surface area contributed by atoms with Gasteiger partial charge in [-0.05, 0) is 275 Å². The number of carboxylic acids is 1. The maximum Gasteiger partial charge on any atom is 0.426 e. The number of fused-ring (bicyclic) bond motifs is 3.